The first kappa shape index (κ1) is 23.6. The molecular weight excluding hydrogens is 416 g/mol. The summed E-state index contributed by atoms with van der Waals surface area (Å²) in [5, 5.41) is 4.70. The van der Waals surface area contributed by atoms with Crippen molar-refractivity contribution in [1.29, 1.82) is 0 Å². The first-order valence-corrected chi connectivity index (χ1v) is 12.2. The first-order chi connectivity index (χ1) is 16.5. The van der Waals surface area contributed by atoms with Crippen LogP contribution in [0.25, 0.3) is 27.9 Å². The van der Waals surface area contributed by atoms with Gasteiger partial charge in [0.05, 0.1) is 17.4 Å². The third-order valence-corrected chi connectivity index (χ3v) is 6.62. The second-order valence-corrected chi connectivity index (χ2v) is 9.02. The van der Waals surface area contributed by atoms with Gasteiger partial charge in [0, 0.05) is 53.3 Å². The zero-order valence-corrected chi connectivity index (χ0v) is 20.9. The van der Waals surface area contributed by atoms with Gasteiger partial charge in [0.15, 0.2) is 0 Å². The highest BCUT2D eigenvalue weighted by atomic mass is 14.9. The molecule has 0 spiro atoms. The SMILES string of the molecule is CC=C(NCCc1cc(C(C)CC)c(C)c(-c2ccc(C)cc2)n1)c1cnc2cnccc2c1. The lowest BCUT2D eigenvalue weighted by Crippen LogP contribution is -2.17. The fraction of sp³-hybridized carbons (Fsp3) is 0.300. The molecule has 34 heavy (non-hydrogen) atoms. The van der Waals surface area contributed by atoms with E-state index in [1.165, 1.54) is 22.3 Å². The van der Waals surface area contributed by atoms with Crippen LogP contribution in [0, 0.1) is 13.8 Å². The molecule has 0 aliphatic carbocycles. The summed E-state index contributed by atoms with van der Waals surface area (Å²) < 4.78 is 0. The number of nitrogens with zero attached hydrogens (tertiary/aromatic N) is 3. The highest BCUT2D eigenvalue weighted by Gasteiger charge is 2.15. The topological polar surface area (TPSA) is 50.7 Å². The Bertz CT molecular complexity index is 1310. The lowest BCUT2D eigenvalue weighted by Gasteiger charge is -2.19. The molecule has 0 saturated carbocycles. The lowest BCUT2D eigenvalue weighted by atomic mass is 9.91. The second kappa shape index (κ2) is 10.6. The number of hydrogen-bond acceptors (Lipinski definition) is 4. The smallest absolute Gasteiger partial charge is 0.0885 e. The molecule has 1 aromatic carbocycles. The zero-order chi connectivity index (χ0) is 24.1. The summed E-state index contributed by atoms with van der Waals surface area (Å²) in [6.07, 6.45) is 9.58. The van der Waals surface area contributed by atoms with Crippen LogP contribution in [-0.2, 0) is 6.42 Å². The average molecular weight is 451 g/mol. The third kappa shape index (κ3) is 5.17. The van der Waals surface area contributed by atoms with Crippen LogP contribution < -0.4 is 5.32 Å². The van der Waals surface area contributed by atoms with Gasteiger partial charge in [-0.2, -0.15) is 0 Å². The van der Waals surface area contributed by atoms with Gasteiger partial charge in [0.2, 0.25) is 0 Å². The summed E-state index contributed by atoms with van der Waals surface area (Å²) >= 11 is 0. The summed E-state index contributed by atoms with van der Waals surface area (Å²) in [4.78, 5) is 13.8. The molecule has 0 radical (unpaired) electrons. The van der Waals surface area contributed by atoms with Gasteiger partial charge in [0.25, 0.3) is 0 Å². The van der Waals surface area contributed by atoms with Crippen molar-refractivity contribution < 1.29 is 0 Å². The number of benzene rings is 1. The summed E-state index contributed by atoms with van der Waals surface area (Å²) in [7, 11) is 0. The van der Waals surface area contributed by atoms with E-state index in [4.69, 9.17) is 4.98 Å². The normalized spacial score (nSPS) is 12.7. The molecular formula is C30H34N4. The molecule has 0 fully saturated rings. The summed E-state index contributed by atoms with van der Waals surface area (Å²) in [5.41, 5.74) is 10.5. The maximum atomic E-state index is 5.11. The van der Waals surface area contributed by atoms with Gasteiger partial charge in [-0.05, 0) is 62.4 Å². The number of nitrogens with one attached hydrogen (secondary N) is 1. The van der Waals surface area contributed by atoms with Crippen LogP contribution in [0.2, 0.25) is 0 Å². The first-order valence-electron chi connectivity index (χ1n) is 12.2. The number of fused-ring (bicyclic) bond motifs is 1. The number of pyridine rings is 3. The maximum absolute atomic E-state index is 5.11. The second-order valence-electron chi connectivity index (χ2n) is 9.02. The standard InChI is InChI=1S/C30H34N4/c1-6-21(4)27-17-26(34-30(22(27)5)23-10-8-20(3)9-11-23)13-15-32-28(7-2)25-16-24-12-14-31-19-29(24)33-18-25/h7-12,14,16-19,21,32H,6,13,15H2,1-5H3. The molecule has 4 aromatic rings. The molecule has 0 aliphatic heterocycles. The van der Waals surface area contributed by atoms with Crippen LogP contribution >= 0.6 is 0 Å². The highest BCUT2D eigenvalue weighted by molar-refractivity contribution is 5.81. The number of aromatic nitrogens is 3. The monoisotopic (exact) mass is 450 g/mol. The Morgan fingerprint density at radius 2 is 1.85 bits per heavy atom. The molecule has 1 unspecified atom stereocenters. The number of rotatable bonds is 8. The fourth-order valence-corrected chi connectivity index (χ4v) is 4.35. The Morgan fingerprint density at radius 1 is 1.06 bits per heavy atom. The van der Waals surface area contributed by atoms with Crippen molar-refractivity contribution in [3.05, 3.63) is 95.1 Å². The van der Waals surface area contributed by atoms with E-state index in [9.17, 15) is 0 Å². The molecule has 0 aliphatic rings. The zero-order valence-electron chi connectivity index (χ0n) is 20.9. The van der Waals surface area contributed by atoms with Crippen LogP contribution in [0.15, 0.2) is 67.1 Å². The molecule has 4 heteroatoms. The van der Waals surface area contributed by atoms with E-state index >= 15 is 0 Å². The number of aryl methyl sites for hydroxylation is 1. The average Bonchev–Trinajstić information content (AvgIpc) is 2.87. The Hall–Kier alpha value is -3.53. The van der Waals surface area contributed by atoms with Gasteiger partial charge in [-0.1, -0.05) is 49.8 Å². The molecule has 0 saturated heterocycles. The molecule has 4 nitrogen and oxygen atoms in total. The van der Waals surface area contributed by atoms with Crippen molar-refractivity contribution in [3.63, 3.8) is 0 Å². The van der Waals surface area contributed by atoms with Crippen molar-refractivity contribution in [2.75, 3.05) is 6.54 Å². The molecule has 0 amide bonds. The van der Waals surface area contributed by atoms with Crippen molar-refractivity contribution in [3.8, 4) is 11.3 Å². The van der Waals surface area contributed by atoms with Crippen molar-refractivity contribution >= 4 is 16.6 Å². The Labute approximate surface area is 203 Å². The van der Waals surface area contributed by atoms with Gasteiger partial charge in [-0.15, -0.1) is 0 Å². The number of hydrogen-bond donors (Lipinski definition) is 1. The van der Waals surface area contributed by atoms with Crippen LogP contribution in [0.1, 0.15) is 61.1 Å². The van der Waals surface area contributed by atoms with Crippen LogP contribution in [0.3, 0.4) is 0 Å². The molecule has 174 valence electrons. The Kier molecular flexibility index (Phi) is 7.36. The molecule has 1 N–H and O–H groups in total. The van der Waals surface area contributed by atoms with Crippen molar-refractivity contribution in [1.82, 2.24) is 20.3 Å². The summed E-state index contributed by atoms with van der Waals surface area (Å²) in [6.45, 7) is 11.8. The van der Waals surface area contributed by atoms with E-state index in [1.54, 1.807) is 12.4 Å². The largest absolute Gasteiger partial charge is 0.384 e. The van der Waals surface area contributed by atoms with E-state index in [-0.39, 0.29) is 0 Å². The summed E-state index contributed by atoms with van der Waals surface area (Å²) in [5.74, 6) is 0.503. The minimum Gasteiger partial charge on any atom is -0.384 e. The van der Waals surface area contributed by atoms with Gasteiger partial charge in [-0.3, -0.25) is 15.0 Å². The molecule has 4 rings (SSSR count). The Morgan fingerprint density at radius 3 is 2.59 bits per heavy atom. The lowest BCUT2D eigenvalue weighted by molar-refractivity contribution is 0.721. The maximum Gasteiger partial charge on any atom is 0.0885 e. The van der Waals surface area contributed by atoms with Crippen LogP contribution in [-0.4, -0.2) is 21.5 Å². The molecule has 0 bridgehead atoms. The molecule has 3 heterocycles. The van der Waals surface area contributed by atoms with Gasteiger partial charge < -0.3 is 5.32 Å². The molecule has 1 atom stereocenters. The molecule has 3 aromatic heterocycles. The Balaban J connectivity index is 1.56. The highest BCUT2D eigenvalue weighted by Crippen LogP contribution is 2.31. The minimum absolute atomic E-state index is 0.503. The van der Waals surface area contributed by atoms with E-state index in [2.05, 4.69) is 92.4 Å². The van der Waals surface area contributed by atoms with Crippen molar-refractivity contribution in [2.45, 2.75) is 53.4 Å². The third-order valence-electron chi connectivity index (χ3n) is 6.62. The van der Waals surface area contributed by atoms with E-state index in [0.29, 0.717) is 5.92 Å². The fourth-order valence-electron chi connectivity index (χ4n) is 4.35. The van der Waals surface area contributed by atoms with E-state index in [1.807, 2.05) is 12.3 Å². The van der Waals surface area contributed by atoms with Crippen LogP contribution in [0.4, 0.5) is 0 Å². The van der Waals surface area contributed by atoms with Crippen molar-refractivity contribution in [2.24, 2.45) is 0 Å². The number of allylic oxidation sites excluding steroid dienone is 1. The van der Waals surface area contributed by atoms with Gasteiger partial charge >= 0.3 is 0 Å². The van der Waals surface area contributed by atoms with Gasteiger partial charge in [0.1, 0.15) is 0 Å². The minimum atomic E-state index is 0.503. The van der Waals surface area contributed by atoms with E-state index < -0.39 is 0 Å². The van der Waals surface area contributed by atoms with Gasteiger partial charge in [-0.25, -0.2) is 0 Å². The predicted octanol–water partition coefficient (Wildman–Crippen LogP) is 7.02. The van der Waals surface area contributed by atoms with Crippen LogP contribution in [0.5, 0.6) is 0 Å². The summed E-state index contributed by atoms with van der Waals surface area (Å²) in [6, 6.07) is 15.2. The predicted molar refractivity (Wildman–Crippen MR) is 143 cm³/mol. The quantitative estimate of drug-likeness (QED) is 0.313. The van der Waals surface area contributed by atoms with E-state index in [0.717, 1.165) is 52.9 Å².